The van der Waals surface area contributed by atoms with Gasteiger partial charge in [0.2, 0.25) is 0 Å². The Morgan fingerprint density at radius 1 is 1.39 bits per heavy atom. The van der Waals surface area contributed by atoms with Gasteiger partial charge in [-0.05, 0) is 32.7 Å². The van der Waals surface area contributed by atoms with Crippen LogP contribution in [0.25, 0.3) is 0 Å². The van der Waals surface area contributed by atoms with Crippen LogP contribution in [0.1, 0.15) is 31.4 Å². The average molecular weight is 251 g/mol. The summed E-state index contributed by atoms with van der Waals surface area (Å²) in [5.41, 5.74) is 0.935. The van der Waals surface area contributed by atoms with Gasteiger partial charge < -0.3 is 19.4 Å². The molecule has 2 aliphatic rings. The standard InChI is InChI=1S/C13H21N3O2/c1-16-6-4-12(5-7-16)18-13-15-11(9-17-13)8-14-10-2-3-10/h9-10,12,14H,2-8H2,1H3. The number of hydrogen-bond donors (Lipinski definition) is 1. The maximum atomic E-state index is 5.77. The Bertz CT molecular complexity index is 381. The van der Waals surface area contributed by atoms with Gasteiger partial charge in [0.1, 0.15) is 12.4 Å². The Morgan fingerprint density at radius 2 is 2.17 bits per heavy atom. The van der Waals surface area contributed by atoms with Crippen molar-refractivity contribution in [2.45, 2.75) is 44.4 Å². The third-order valence-corrected chi connectivity index (χ3v) is 3.61. The van der Waals surface area contributed by atoms with Crippen molar-refractivity contribution in [1.29, 1.82) is 0 Å². The van der Waals surface area contributed by atoms with E-state index in [1.165, 1.54) is 12.8 Å². The van der Waals surface area contributed by atoms with E-state index < -0.39 is 0 Å². The Labute approximate surface area is 108 Å². The van der Waals surface area contributed by atoms with Crippen molar-refractivity contribution in [3.8, 4) is 6.08 Å². The SMILES string of the molecule is CN1CCC(Oc2nc(CNC3CC3)co2)CC1. The summed E-state index contributed by atoms with van der Waals surface area (Å²) in [6.07, 6.45) is 7.05. The Kier molecular flexibility index (Phi) is 3.52. The fraction of sp³-hybridized carbons (Fsp3) is 0.769. The minimum absolute atomic E-state index is 0.254. The second kappa shape index (κ2) is 5.28. The zero-order valence-electron chi connectivity index (χ0n) is 10.9. The molecular formula is C13H21N3O2. The minimum Gasteiger partial charge on any atom is -0.447 e. The molecular weight excluding hydrogens is 230 g/mol. The third-order valence-electron chi connectivity index (χ3n) is 3.61. The van der Waals surface area contributed by atoms with Crippen LogP contribution in [0.5, 0.6) is 6.08 Å². The summed E-state index contributed by atoms with van der Waals surface area (Å²) in [6, 6.07) is 0.694. The van der Waals surface area contributed by atoms with Gasteiger partial charge in [-0.15, -0.1) is 0 Å². The van der Waals surface area contributed by atoms with Crippen molar-refractivity contribution in [3.05, 3.63) is 12.0 Å². The maximum Gasteiger partial charge on any atom is 0.394 e. The Hall–Kier alpha value is -1.07. The Morgan fingerprint density at radius 3 is 2.89 bits per heavy atom. The summed E-state index contributed by atoms with van der Waals surface area (Å²) in [4.78, 5) is 6.68. The first-order valence-electron chi connectivity index (χ1n) is 6.82. The summed E-state index contributed by atoms with van der Waals surface area (Å²) in [6.45, 7) is 2.95. The normalized spacial score (nSPS) is 22.3. The summed E-state index contributed by atoms with van der Waals surface area (Å²) in [5.74, 6) is 0. The van der Waals surface area contributed by atoms with Crippen LogP contribution < -0.4 is 10.1 Å². The number of oxazole rings is 1. The summed E-state index contributed by atoms with van der Waals surface area (Å²) in [7, 11) is 2.14. The molecule has 1 aliphatic carbocycles. The molecule has 5 heteroatoms. The molecule has 2 fully saturated rings. The molecule has 0 unspecified atom stereocenters. The number of hydrogen-bond acceptors (Lipinski definition) is 5. The number of aromatic nitrogens is 1. The summed E-state index contributed by atoms with van der Waals surface area (Å²) >= 11 is 0. The smallest absolute Gasteiger partial charge is 0.394 e. The first-order valence-corrected chi connectivity index (χ1v) is 6.82. The van der Waals surface area contributed by atoms with Gasteiger partial charge in [-0.3, -0.25) is 0 Å². The van der Waals surface area contributed by atoms with Crippen molar-refractivity contribution in [2.75, 3.05) is 20.1 Å². The van der Waals surface area contributed by atoms with Crippen LogP contribution in [0.2, 0.25) is 0 Å². The van der Waals surface area contributed by atoms with Crippen molar-refractivity contribution in [1.82, 2.24) is 15.2 Å². The van der Waals surface area contributed by atoms with E-state index in [4.69, 9.17) is 9.15 Å². The van der Waals surface area contributed by atoms with E-state index >= 15 is 0 Å². The molecule has 100 valence electrons. The molecule has 1 saturated heterocycles. The van der Waals surface area contributed by atoms with E-state index in [1.807, 2.05) is 0 Å². The van der Waals surface area contributed by atoms with E-state index in [-0.39, 0.29) is 6.10 Å². The highest BCUT2D eigenvalue weighted by Crippen LogP contribution is 2.21. The fourth-order valence-corrected chi connectivity index (χ4v) is 2.21. The van der Waals surface area contributed by atoms with E-state index in [9.17, 15) is 0 Å². The molecule has 1 N–H and O–H groups in total. The van der Waals surface area contributed by atoms with Crippen LogP contribution in [0.4, 0.5) is 0 Å². The third kappa shape index (κ3) is 3.23. The maximum absolute atomic E-state index is 5.77. The van der Waals surface area contributed by atoms with Crippen LogP contribution in [-0.2, 0) is 6.54 Å². The number of nitrogens with one attached hydrogen (secondary N) is 1. The second-order valence-corrected chi connectivity index (χ2v) is 5.38. The monoisotopic (exact) mass is 251 g/mol. The first-order chi connectivity index (χ1) is 8.79. The molecule has 0 bridgehead atoms. The first kappa shape index (κ1) is 12.0. The van der Waals surface area contributed by atoms with Crippen LogP contribution in [0, 0.1) is 0 Å². The molecule has 1 aromatic rings. The molecule has 18 heavy (non-hydrogen) atoms. The average Bonchev–Trinajstić information content (AvgIpc) is 3.10. The summed E-state index contributed by atoms with van der Waals surface area (Å²) in [5, 5.41) is 3.41. The van der Waals surface area contributed by atoms with Gasteiger partial charge in [-0.1, -0.05) is 0 Å². The van der Waals surface area contributed by atoms with Gasteiger partial charge in [-0.2, -0.15) is 4.98 Å². The highest BCUT2D eigenvalue weighted by molar-refractivity contribution is 5.01. The number of piperidine rings is 1. The fourth-order valence-electron chi connectivity index (χ4n) is 2.21. The van der Waals surface area contributed by atoms with Crippen LogP contribution in [-0.4, -0.2) is 42.2 Å². The van der Waals surface area contributed by atoms with E-state index in [0.29, 0.717) is 12.1 Å². The molecule has 0 amide bonds. The lowest BCUT2D eigenvalue weighted by Crippen LogP contribution is -2.35. The number of ether oxygens (including phenoxy) is 1. The Balaban J connectivity index is 1.46. The van der Waals surface area contributed by atoms with Gasteiger partial charge in [0.25, 0.3) is 0 Å². The molecule has 5 nitrogen and oxygen atoms in total. The molecule has 1 aromatic heterocycles. The van der Waals surface area contributed by atoms with Crippen LogP contribution in [0.3, 0.4) is 0 Å². The lowest BCUT2D eigenvalue weighted by Gasteiger charge is -2.27. The molecule has 3 rings (SSSR count). The molecule has 0 aromatic carbocycles. The topological polar surface area (TPSA) is 50.5 Å². The zero-order valence-corrected chi connectivity index (χ0v) is 10.9. The van der Waals surface area contributed by atoms with E-state index in [2.05, 4.69) is 22.2 Å². The van der Waals surface area contributed by atoms with Crippen molar-refractivity contribution in [2.24, 2.45) is 0 Å². The molecule has 1 aliphatic heterocycles. The lowest BCUT2D eigenvalue weighted by atomic mass is 10.1. The minimum atomic E-state index is 0.254. The van der Waals surface area contributed by atoms with Gasteiger partial charge in [0, 0.05) is 25.7 Å². The van der Waals surface area contributed by atoms with Gasteiger partial charge >= 0.3 is 6.08 Å². The predicted octanol–water partition coefficient (Wildman–Crippen LogP) is 1.40. The molecule has 2 heterocycles. The van der Waals surface area contributed by atoms with E-state index in [1.54, 1.807) is 6.26 Å². The van der Waals surface area contributed by atoms with Crippen LogP contribution in [0.15, 0.2) is 10.7 Å². The molecule has 0 radical (unpaired) electrons. The molecule has 0 spiro atoms. The highest BCUT2D eigenvalue weighted by Gasteiger charge is 2.22. The van der Waals surface area contributed by atoms with Gasteiger partial charge in [0.05, 0.1) is 5.69 Å². The molecule has 1 saturated carbocycles. The number of likely N-dealkylation sites (tertiary alicyclic amines) is 1. The predicted molar refractivity (Wildman–Crippen MR) is 67.5 cm³/mol. The summed E-state index contributed by atoms with van der Waals surface area (Å²) < 4.78 is 11.1. The van der Waals surface area contributed by atoms with Crippen molar-refractivity contribution < 1.29 is 9.15 Å². The number of rotatable bonds is 5. The van der Waals surface area contributed by atoms with E-state index in [0.717, 1.165) is 38.2 Å². The lowest BCUT2D eigenvalue weighted by molar-refractivity contribution is 0.0847. The van der Waals surface area contributed by atoms with Gasteiger partial charge in [-0.25, -0.2) is 0 Å². The highest BCUT2D eigenvalue weighted by atomic mass is 16.6. The van der Waals surface area contributed by atoms with Crippen molar-refractivity contribution in [3.63, 3.8) is 0 Å². The van der Waals surface area contributed by atoms with Crippen molar-refractivity contribution >= 4 is 0 Å². The second-order valence-electron chi connectivity index (χ2n) is 5.38. The largest absolute Gasteiger partial charge is 0.447 e. The zero-order chi connectivity index (χ0) is 12.4. The molecule has 0 atom stereocenters. The van der Waals surface area contributed by atoms with Gasteiger partial charge in [0.15, 0.2) is 0 Å². The van der Waals surface area contributed by atoms with Crippen LogP contribution >= 0.6 is 0 Å². The number of nitrogens with zero attached hydrogens (tertiary/aromatic N) is 2. The quantitative estimate of drug-likeness (QED) is 0.857.